The number of rotatable bonds is 8. The fraction of sp³-hybridized carbons (Fsp3) is 0.259. The quantitative estimate of drug-likeness (QED) is 0.490. The van der Waals surface area contributed by atoms with E-state index in [0.717, 1.165) is 60.9 Å². The maximum atomic E-state index is 13.2. The van der Waals surface area contributed by atoms with Crippen LogP contribution in [0.1, 0.15) is 11.1 Å². The summed E-state index contributed by atoms with van der Waals surface area (Å²) in [5.74, 6) is 0.0351. The largest absolute Gasteiger partial charge is 0.492 e. The second-order valence-corrected chi connectivity index (χ2v) is 9.28. The first-order valence-corrected chi connectivity index (χ1v) is 12.6. The minimum Gasteiger partial charge on any atom is -0.492 e. The summed E-state index contributed by atoms with van der Waals surface area (Å²) in [6.07, 6.45) is 1.87. The molecule has 3 heterocycles. The number of carbonyl (C=O) groups is 2. The molecule has 0 atom stereocenters. The number of ether oxygens (including phenoxy) is 2. The molecule has 8 heteroatoms. The number of hydrogen-bond donors (Lipinski definition) is 1. The highest BCUT2D eigenvalue weighted by molar-refractivity contribution is 7.08. The second kappa shape index (κ2) is 10.4. The molecule has 1 fully saturated rings. The first-order valence-electron chi connectivity index (χ1n) is 11.6. The van der Waals surface area contributed by atoms with Crippen molar-refractivity contribution in [2.24, 2.45) is 5.73 Å². The average Bonchev–Trinajstić information content (AvgIpc) is 3.49. The Labute approximate surface area is 208 Å². The van der Waals surface area contributed by atoms with Crippen LogP contribution in [0.25, 0.3) is 22.8 Å². The smallest absolute Gasteiger partial charge is 0.259 e. The molecule has 1 saturated heterocycles. The van der Waals surface area contributed by atoms with Gasteiger partial charge < -0.3 is 15.2 Å². The van der Waals surface area contributed by atoms with E-state index < -0.39 is 5.91 Å². The van der Waals surface area contributed by atoms with Gasteiger partial charge in [-0.05, 0) is 52.2 Å². The Morgan fingerprint density at radius 2 is 1.94 bits per heavy atom. The SMILES string of the molecule is NC(=O)CN1C(=O)C(=Cc2ccc(OCCN3CCOCC3)c(-c3ccsc3)c2)c2ccccc21. The van der Waals surface area contributed by atoms with Crippen LogP contribution in [-0.4, -0.2) is 62.7 Å². The minimum absolute atomic E-state index is 0.150. The molecule has 2 aliphatic rings. The Kier molecular flexibility index (Phi) is 6.94. The number of anilines is 1. The first kappa shape index (κ1) is 23.3. The Balaban J connectivity index is 1.43. The molecule has 0 spiro atoms. The van der Waals surface area contributed by atoms with E-state index in [9.17, 15) is 9.59 Å². The van der Waals surface area contributed by atoms with E-state index in [4.69, 9.17) is 15.2 Å². The van der Waals surface area contributed by atoms with Crippen LogP contribution in [-0.2, 0) is 14.3 Å². The number of carbonyl (C=O) groups excluding carboxylic acids is 2. The Morgan fingerprint density at radius 3 is 2.71 bits per heavy atom. The van der Waals surface area contributed by atoms with Crippen molar-refractivity contribution < 1.29 is 19.1 Å². The van der Waals surface area contributed by atoms with E-state index in [1.807, 2.05) is 53.9 Å². The summed E-state index contributed by atoms with van der Waals surface area (Å²) in [4.78, 5) is 28.5. The summed E-state index contributed by atoms with van der Waals surface area (Å²) in [7, 11) is 0. The van der Waals surface area contributed by atoms with Crippen LogP contribution in [0.5, 0.6) is 5.75 Å². The molecule has 0 radical (unpaired) electrons. The summed E-state index contributed by atoms with van der Waals surface area (Å²) < 4.78 is 11.6. The van der Waals surface area contributed by atoms with Crippen LogP contribution in [0.2, 0.25) is 0 Å². The van der Waals surface area contributed by atoms with Gasteiger partial charge in [-0.15, -0.1) is 0 Å². The fourth-order valence-electron chi connectivity index (χ4n) is 4.44. The van der Waals surface area contributed by atoms with Crippen LogP contribution in [0.4, 0.5) is 5.69 Å². The number of fused-ring (bicyclic) bond motifs is 1. The number of nitrogens with two attached hydrogens (primary N) is 1. The number of hydrogen-bond acceptors (Lipinski definition) is 6. The molecule has 0 saturated carbocycles. The van der Waals surface area contributed by atoms with E-state index in [1.165, 1.54) is 4.90 Å². The summed E-state index contributed by atoms with van der Waals surface area (Å²) in [6.45, 7) is 4.67. The predicted octanol–water partition coefficient (Wildman–Crippen LogP) is 3.50. The van der Waals surface area contributed by atoms with Crippen molar-refractivity contribution >= 4 is 40.5 Å². The third kappa shape index (κ3) is 5.14. The number of thiophene rings is 1. The normalized spacial score (nSPS) is 17.1. The summed E-state index contributed by atoms with van der Waals surface area (Å²) >= 11 is 1.63. The molecule has 2 N–H and O–H groups in total. The lowest BCUT2D eigenvalue weighted by molar-refractivity contribution is -0.119. The van der Waals surface area contributed by atoms with Gasteiger partial charge in [0.25, 0.3) is 5.91 Å². The Bertz CT molecular complexity index is 1250. The lowest BCUT2D eigenvalue weighted by Gasteiger charge is -2.26. The zero-order valence-electron chi connectivity index (χ0n) is 19.3. The number of nitrogens with zero attached hydrogens (tertiary/aromatic N) is 2. The summed E-state index contributed by atoms with van der Waals surface area (Å²) in [5.41, 5.74) is 10.4. The Morgan fingerprint density at radius 1 is 1.11 bits per heavy atom. The maximum absolute atomic E-state index is 13.2. The van der Waals surface area contributed by atoms with Crippen molar-refractivity contribution in [2.45, 2.75) is 0 Å². The average molecular weight is 490 g/mol. The maximum Gasteiger partial charge on any atom is 0.259 e. The highest BCUT2D eigenvalue weighted by Gasteiger charge is 2.32. The van der Waals surface area contributed by atoms with Gasteiger partial charge in [-0.25, -0.2) is 0 Å². The van der Waals surface area contributed by atoms with E-state index in [0.29, 0.717) is 17.9 Å². The van der Waals surface area contributed by atoms with Gasteiger partial charge in [0.1, 0.15) is 18.9 Å². The van der Waals surface area contributed by atoms with Crippen LogP contribution in [0.3, 0.4) is 0 Å². The van der Waals surface area contributed by atoms with Crippen LogP contribution in [0, 0.1) is 0 Å². The lowest BCUT2D eigenvalue weighted by Crippen LogP contribution is -2.38. The number of amides is 2. The summed E-state index contributed by atoms with van der Waals surface area (Å²) in [5, 5.41) is 4.13. The van der Waals surface area contributed by atoms with Gasteiger partial charge >= 0.3 is 0 Å². The van der Waals surface area contributed by atoms with E-state index in [1.54, 1.807) is 11.3 Å². The molecule has 3 aromatic rings. The zero-order chi connectivity index (χ0) is 24.2. The molecule has 0 bridgehead atoms. The first-order chi connectivity index (χ1) is 17.1. The van der Waals surface area contributed by atoms with Gasteiger partial charge in [-0.1, -0.05) is 24.3 Å². The number of benzene rings is 2. The monoisotopic (exact) mass is 489 g/mol. The van der Waals surface area contributed by atoms with Crippen molar-refractivity contribution in [3.05, 3.63) is 70.4 Å². The van der Waals surface area contributed by atoms with Gasteiger partial charge in [-0.3, -0.25) is 19.4 Å². The molecule has 5 rings (SSSR count). The van der Waals surface area contributed by atoms with Gasteiger partial charge in [0.05, 0.1) is 18.9 Å². The van der Waals surface area contributed by atoms with E-state index in [-0.39, 0.29) is 12.5 Å². The highest BCUT2D eigenvalue weighted by Crippen LogP contribution is 2.39. The molecule has 2 aromatic carbocycles. The van der Waals surface area contributed by atoms with E-state index in [2.05, 4.69) is 16.3 Å². The van der Waals surface area contributed by atoms with Crippen molar-refractivity contribution in [1.29, 1.82) is 0 Å². The van der Waals surface area contributed by atoms with Gasteiger partial charge in [0.15, 0.2) is 0 Å². The zero-order valence-corrected chi connectivity index (χ0v) is 20.1. The third-order valence-electron chi connectivity index (χ3n) is 6.19. The third-order valence-corrected chi connectivity index (χ3v) is 6.87. The minimum atomic E-state index is -0.548. The van der Waals surface area contributed by atoms with Gasteiger partial charge in [-0.2, -0.15) is 11.3 Å². The van der Waals surface area contributed by atoms with Crippen LogP contribution >= 0.6 is 11.3 Å². The molecule has 7 nitrogen and oxygen atoms in total. The van der Waals surface area contributed by atoms with Crippen LogP contribution < -0.4 is 15.4 Å². The molecular formula is C27H27N3O4S. The fourth-order valence-corrected chi connectivity index (χ4v) is 5.10. The van der Waals surface area contributed by atoms with Crippen LogP contribution in [0.15, 0.2) is 59.3 Å². The molecule has 2 amide bonds. The molecular weight excluding hydrogens is 462 g/mol. The molecule has 1 aromatic heterocycles. The summed E-state index contributed by atoms with van der Waals surface area (Å²) in [6, 6.07) is 15.5. The standard InChI is InChI=1S/C27H27N3O4S/c28-26(31)17-30-24-4-2-1-3-21(24)23(27(30)32)16-19-5-6-25(22(15-19)20-7-14-35-18-20)34-13-10-29-8-11-33-12-9-29/h1-7,14-16,18H,8-13,17H2,(H2,28,31). The van der Waals surface area contributed by atoms with Crippen molar-refractivity contribution in [3.63, 3.8) is 0 Å². The number of morpholine rings is 1. The van der Waals surface area contributed by atoms with Gasteiger partial charge in [0.2, 0.25) is 5.91 Å². The highest BCUT2D eigenvalue weighted by atomic mass is 32.1. The number of para-hydroxylation sites is 1. The lowest BCUT2D eigenvalue weighted by atomic mass is 10.0. The molecule has 0 aliphatic carbocycles. The predicted molar refractivity (Wildman–Crippen MR) is 138 cm³/mol. The van der Waals surface area contributed by atoms with Crippen molar-refractivity contribution in [2.75, 3.05) is 50.9 Å². The number of primary amides is 1. The van der Waals surface area contributed by atoms with Gasteiger partial charge in [0, 0.05) is 36.3 Å². The molecule has 0 unspecified atom stereocenters. The molecule has 35 heavy (non-hydrogen) atoms. The second-order valence-electron chi connectivity index (χ2n) is 8.50. The van der Waals surface area contributed by atoms with Crippen molar-refractivity contribution in [3.8, 4) is 16.9 Å². The van der Waals surface area contributed by atoms with E-state index >= 15 is 0 Å². The molecule has 180 valence electrons. The Hall–Kier alpha value is -3.46. The van der Waals surface area contributed by atoms with Crippen molar-refractivity contribution in [1.82, 2.24) is 4.90 Å². The topological polar surface area (TPSA) is 85.1 Å². The molecule has 2 aliphatic heterocycles.